The van der Waals surface area contributed by atoms with E-state index in [1.54, 1.807) is 0 Å². The van der Waals surface area contributed by atoms with E-state index in [9.17, 15) is 4.79 Å². The smallest absolute Gasteiger partial charge is 0.410 e. The van der Waals surface area contributed by atoms with Crippen molar-refractivity contribution in [2.45, 2.75) is 78.6 Å². The number of likely N-dealkylation sites (tertiary alicyclic amines) is 1. The summed E-state index contributed by atoms with van der Waals surface area (Å²) in [5.41, 5.74) is 2.97. The minimum Gasteiger partial charge on any atom is -0.444 e. The fraction of sp³-hybridized carbons (Fsp3) is 0.765. The number of ether oxygens (including phenoxy) is 1. The Hall–Kier alpha value is -1.56. The monoisotopic (exact) mass is 322 g/mol. The maximum atomic E-state index is 12.2. The second-order valence-electron chi connectivity index (χ2n) is 7.54. The highest BCUT2D eigenvalue weighted by Gasteiger charge is 2.31. The molecule has 1 saturated heterocycles. The van der Waals surface area contributed by atoms with Crippen molar-refractivity contribution >= 4 is 6.09 Å². The minimum absolute atomic E-state index is 0.183. The molecule has 23 heavy (non-hydrogen) atoms. The summed E-state index contributed by atoms with van der Waals surface area (Å²) in [6.07, 6.45) is 1.68. The third-order valence-corrected chi connectivity index (χ3v) is 4.35. The molecule has 0 radical (unpaired) electrons. The standard InChI is InChI=1S/C17H30N4O2/c1-11-9-14(18-10-15-12(2)19-20-13(15)3)7-8-21(11)16(22)23-17(4,5)6/h11,14,18H,7-10H2,1-6H3,(H,19,20). The molecule has 2 rings (SSSR count). The van der Waals surface area contributed by atoms with Crippen molar-refractivity contribution in [3.8, 4) is 0 Å². The predicted molar refractivity (Wildman–Crippen MR) is 90.3 cm³/mol. The fourth-order valence-electron chi connectivity index (χ4n) is 3.03. The van der Waals surface area contributed by atoms with Gasteiger partial charge < -0.3 is 15.0 Å². The molecule has 0 spiro atoms. The third kappa shape index (κ3) is 4.70. The van der Waals surface area contributed by atoms with Crippen LogP contribution >= 0.6 is 0 Å². The Balaban J connectivity index is 1.85. The summed E-state index contributed by atoms with van der Waals surface area (Å²) in [5, 5.41) is 10.9. The van der Waals surface area contributed by atoms with Gasteiger partial charge in [0.1, 0.15) is 5.60 Å². The lowest BCUT2D eigenvalue weighted by atomic mass is 9.98. The van der Waals surface area contributed by atoms with Crippen LogP contribution < -0.4 is 5.32 Å². The Bertz CT molecular complexity index is 528. The van der Waals surface area contributed by atoms with Gasteiger partial charge >= 0.3 is 6.09 Å². The van der Waals surface area contributed by atoms with Gasteiger partial charge in [0.25, 0.3) is 0 Å². The molecule has 2 atom stereocenters. The highest BCUT2D eigenvalue weighted by molar-refractivity contribution is 5.68. The number of nitrogens with zero attached hydrogens (tertiary/aromatic N) is 2. The summed E-state index contributed by atoms with van der Waals surface area (Å²) in [6, 6.07) is 0.597. The molecule has 1 fully saturated rings. The number of nitrogens with one attached hydrogen (secondary N) is 2. The van der Waals surface area contributed by atoms with Crippen LogP contribution in [-0.4, -0.2) is 45.4 Å². The minimum atomic E-state index is -0.442. The highest BCUT2D eigenvalue weighted by atomic mass is 16.6. The summed E-state index contributed by atoms with van der Waals surface area (Å²) < 4.78 is 5.49. The van der Waals surface area contributed by atoms with E-state index in [0.717, 1.165) is 37.3 Å². The molecule has 1 aromatic heterocycles. The van der Waals surface area contributed by atoms with Crippen LogP contribution in [0.3, 0.4) is 0 Å². The number of aromatic amines is 1. The van der Waals surface area contributed by atoms with E-state index >= 15 is 0 Å². The first-order chi connectivity index (χ1) is 10.7. The van der Waals surface area contributed by atoms with Crippen LogP contribution in [0, 0.1) is 13.8 Å². The fourth-order valence-corrected chi connectivity index (χ4v) is 3.03. The van der Waals surface area contributed by atoms with E-state index < -0.39 is 5.60 Å². The van der Waals surface area contributed by atoms with Gasteiger partial charge in [-0.25, -0.2) is 4.79 Å². The Kier molecular flexibility index (Phi) is 5.34. The number of carbonyl (C=O) groups excluding carboxylic acids is 1. The van der Waals surface area contributed by atoms with Crippen molar-refractivity contribution in [3.63, 3.8) is 0 Å². The van der Waals surface area contributed by atoms with Crippen LogP contribution in [0.5, 0.6) is 0 Å². The van der Waals surface area contributed by atoms with E-state index in [4.69, 9.17) is 4.74 Å². The number of amides is 1. The lowest BCUT2D eigenvalue weighted by Crippen LogP contribution is -2.50. The number of piperidine rings is 1. The van der Waals surface area contributed by atoms with Gasteiger partial charge in [-0.2, -0.15) is 5.10 Å². The topological polar surface area (TPSA) is 70.2 Å². The SMILES string of the molecule is Cc1n[nH]c(C)c1CNC1CCN(C(=O)OC(C)(C)C)C(C)C1. The normalized spacial score (nSPS) is 22.3. The lowest BCUT2D eigenvalue weighted by molar-refractivity contribution is 0.00932. The van der Waals surface area contributed by atoms with Crippen LogP contribution in [-0.2, 0) is 11.3 Å². The summed E-state index contributed by atoms with van der Waals surface area (Å²) in [4.78, 5) is 14.1. The van der Waals surface area contributed by atoms with Crippen molar-refractivity contribution in [2.75, 3.05) is 6.54 Å². The number of hydrogen-bond donors (Lipinski definition) is 2. The molecule has 2 N–H and O–H groups in total. The van der Waals surface area contributed by atoms with Gasteiger partial charge in [-0.3, -0.25) is 5.10 Å². The van der Waals surface area contributed by atoms with Crippen molar-refractivity contribution in [1.29, 1.82) is 0 Å². The Morgan fingerprint density at radius 2 is 2.13 bits per heavy atom. The van der Waals surface area contributed by atoms with Gasteiger partial charge in [0, 0.05) is 36.4 Å². The predicted octanol–water partition coefficient (Wildman–Crippen LogP) is 2.90. The second-order valence-corrected chi connectivity index (χ2v) is 7.54. The third-order valence-electron chi connectivity index (χ3n) is 4.35. The number of aromatic nitrogens is 2. The van der Waals surface area contributed by atoms with E-state index in [1.165, 1.54) is 5.56 Å². The van der Waals surface area contributed by atoms with Crippen molar-refractivity contribution in [3.05, 3.63) is 17.0 Å². The molecular formula is C17H30N4O2. The van der Waals surface area contributed by atoms with Crippen molar-refractivity contribution in [2.24, 2.45) is 0 Å². The van der Waals surface area contributed by atoms with Crippen molar-refractivity contribution in [1.82, 2.24) is 20.4 Å². The van der Waals surface area contributed by atoms with Crippen LogP contribution in [0.15, 0.2) is 0 Å². The molecule has 0 bridgehead atoms. The molecule has 1 aliphatic rings. The van der Waals surface area contributed by atoms with Crippen LogP contribution in [0.1, 0.15) is 57.5 Å². The van der Waals surface area contributed by atoms with Gasteiger partial charge in [0.15, 0.2) is 0 Å². The number of carbonyl (C=O) groups is 1. The molecule has 2 heterocycles. The maximum absolute atomic E-state index is 12.2. The Morgan fingerprint density at radius 1 is 1.43 bits per heavy atom. The molecule has 0 aliphatic carbocycles. The van der Waals surface area contributed by atoms with Crippen LogP contribution in [0.4, 0.5) is 4.79 Å². The molecule has 0 aromatic carbocycles. The maximum Gasteiger partial charge on any atom is 0.410 e. The van der Waals surface area contributed by atoms with Crippen LogP contribution in [0.2, 0.25) is 0 Å². The Morgan fingerprint density at radius 3 is 2.65 bits per heavy atom. The average molecular weight is 322 g/mol. The first-order valence-electron chi connectivity index (χ1n) is 8.41. The van der Waals surface area contributed by atoms with Gasteiger partial charge in [-0.1, -0.05) is 0 Å². The first kappa shape index (κ1) is 17.8. The molecule has 6 nitrogen and oxygen atoms in total. The van der Waals surface area contributed by atoms with E-state index in [0.29, 0.717) is 6.04 Å². The summed E-state index contributed by atoms with van der Waals surface area (Å²) in [7, 11) is 0. The second kappa shape index (κ2) is 6.91. The van der Waals surface area contributed by atoms with E-state index in [-0.39, 0.29) is 12.1 Å². The van der Waals surface area contributed by atoms with E-state index in [2.05, 4.69) is 22.4 Å². The molecular weight excluding hydrogens is 292 g/mol. The van der Waals surface area contributed by atoms with Gasteiger partial charge in [0.2, 0.25) is 0 Å². The summed E-state index contributed by atoms with van der Waals surface area (Å²) >= 11 is 0. The zero-order valence-corrected chi connectivity index (χ0v) is 15.2. The summed E-state index contributed by atoms with van der Waals surface area (Å²) in [5.74, 6) is 0. The summed E-state index contributed by atoms with van der Waals surface area (Å²) in [6.45, 7) is 13.4. The number of aryl methyl sites for hydroxylation is 2. The number of hydrogen-bond acceptors (Lipinski definition) is 4. The Labute approximate surface area is 139 Å². The van der Waals surface area contributed by atoms with Gasteiger partial charge in [-0.15, -0.1) is 0 Å². The molecule has 0 saturated carbocycles. The number of H-pyrrole nitrogens is 1. The van der Waals surface area contributed by atoms with E-state index in [1.807, 2.05) is 39.5 Å². The van der Waals surface area contributed by atoms with Crippen molar-refractivity contribution < 1.29 is 9.53 Å². The molecule has 1 aliphatic heterocycles. The lowest BCUT2D eigenvalue weighted by Gasteiger charge is -2.38. The van der Waals surface area contributed by atoms with Gasteiger partial charge in [0.05, 0.1) is 5.69 Å². The molecule has 130 valence electrons. The highest BCUT2D eigenvalue weighted by Crippen LogP contribution is 2.21. The molecule has 1 aromatic rings. The first-order valence-corrected chi connectivity index (χ1v) is 8.41. The van der Waals surface area contributed by atoms with Gasteiger partial charge in [-0.05, 0) is 54.4 Å². The average Bonchev–Trinajstić information content (AvgIpc) is 2.74. The zero-order chi connectivity index (χ0) is 17.2. The molecule has 6 heteroatoms. The van der Waals surface area contributed by atoms with Crippen LogP contribution in [0.25, 0.3) is 0 Å². The number of rotatable bonds is 3. The quantitative estimate of drug-likeness (QED) is 0.897. The molecule has 1 amide bonds. The zero-order valence-electron chi connectivity index (χ0n) is 15.2. The molecule has 2 unspecified atom stereocenters. The largest absolute Gasteiger partial charge is 0.444 e.